The van der Waals surface area contributed by atoms with Crippen molar-refractivity contribution < 1.29 is 0 Å². The molecule has 1 fully saturated rings. The molecule has 0 radical (unpaired) electrons. The highest BCUT2D eigenvalue weighted by Crippen LogP contribution is 2.56. The molecule has 2 unspecified atom stereocenters. The minimum atomic E-state index is 0.810. The van der Waals surface area contributed by atoms with Crippen LogP contribution in [0, 0.1) is 0 Å². The van der Waals surface area contributed by atoms with E-state index in [1.54, 1.807) is 11.1 Å². The summed E-state index contributed by atoms with van der Waals surface area (Å²) in [6.07, 6.45) is 4.16. The van der Waals surface area contributed by atoms with E-state index < -0.39 is 0 Å². The molecule has 2 aliphatic rings. The van der Waals surface area contributed by atoms with E-state index in [0.717, 1.165) is 11.8 Å². The van der Waals surface area contributed by atoms with Gasteiger partial charge in [-0.15, -0.1) is 0 Å². The first-order chi connectivity index (χ1) is 8.25. The maximum absolute atomic E-state index is 3.76. The lowest BCUT2D eigenvalue weighted by Crippen LogP contribution is -1.99. The average molecular weight is 352 g/mol. The van der Waals surface area contributed by atoms with E-state index in [1.165, 1.54) is 39.0 Å². The van der Waals surface area contributed by atoms with Crippen molar-refractivity contribution in [1.82, 2.24) is 0 Å². The molecule has 1 saturated carbocycles. The molecule has 0 spiro atoms. The zero-order valence-electron chi connectivity index (χ0n) is 9.34. The summed E-state index contributed by atoms with van der Waals surface area (Å²) in [5, 5.41) is 2.82. The molecule has 0 N–H and O–H groups in total. The zero-order valence-corrected chi connectivity index (χ0v) is 12.5. The van der Waals surface area contributed by atoms with Crippen LogP contribution in [0.25, 0.3) is 10.8 Å². The Labute approximate surface area is 118 Å². The molecule has 2 aromatic carbocycles. The molecule has 0 aliphatic heterocycles. The van der Waals surface area contributed by atoms with Crippen molar-refractivity contribution in [2.45, 2.75) is 31.1 Å². The molecule has 2 heteroatoms. The van der Waals surface area contributed by atoms with Crippen molar-refractivity contribution in [2.24, 2.45) is 0 Å². The topological polar surface area (TPSA) is 0 Å². The Kier molecular flexibility index (Phi) is 2.23. The van der Waals surface area contributed by atoms with Crippen LogP contribution in [0.15, 0.2) is 33.2 Å². The Morgan fingerprint density at radius 2 is 1.71 bits per heavy atom. The Hall–Kier alpha value is -0.340. The van der Waals surface area contributed by atoms with Gasteiger partial charge in [0.1, 0.15) is 0 Å². The Morgan fingerprint density at radius 1 is 0.941 bits per heavy atom. The second kappa shape index (κ2) is 3.58. The smallest absolute Gasteiger partial charge is 0.0398 e. The summed E-state index contributed by atoms with van der Waals surface area (Å²) in [5.41, 5.74) is 3.25. The van der Waals surface area contributed by atoms with Gasteiger partial charge in [-0.3, -0.25) is 0 Å². The first-order valence-electron chi connectivity index (χ1n) is 6.16. The molecule has 2 atom stereocenters. The summed E-state index contributed by atoms with van der Waals surface area (Å²) in [7, 11) is 0. The van der Waals surface area contributed by atoms with Gasteiger partial charge < -0.3 is 0 Å². The van der Waals surface area contributed by atoms with Crippen molar-refractivity contribution in [3.05, 3.63) is 44.3 Å². The summed E-state index contributed by atoms with van der Waals surface area (Å²) in [4.78, 5) is 0. The Morgan fingerprint density at radius 3 is 2.59 bits per heavy atom. The fourth-order valence-corrected chi connectivity index (χ4v) is 4.62. The van der Waals surface area contributed by atoms with E-state index in [1.807, 2.05) is 0 Å². The molecule has 0 aromatic heterocycles. The number of hydrogen-bond acceptors (Lipinski definition) is 0. The predicted octanol–water partition coefficient (Wildman–Crippen LogP) is 5.73. The van der Waals surface area contributed by atoms with Crippen LogP contribution >= 0.6 is 31.9 Å². The quantitative estimate of drug-likeness (QED) is 0.568. The lowest BCUT2D eigenvalue weighted by molar-refractivity contribution is 0.722. The fourth-order valence-electron chi connectivity index (χ4n) is 3.71. The van der Waals surface area contributed by atoms with Crippen LogP contribution in [0.5, 0.6) is 0 Å². The molecule has 2 bridgehead atoms. The van der Waals surface area contributed by atoms with Gasteiger partial charge in [0.2, 0.25) is 0 Å². The lowest BCUT2D eigenvalue weighted by atomic mass is 9.88. The molecule has 4 rings (SSSR count). The van der Waals surface area contributed by atoms with E-state index in [4.69, 9.17) is 0 Å². The summed E-state index contributed by atoms with van der Waals surface area (Å²) in [6.45, 7) is 0. The molecular formula is C15H12Br2. The van der Waals surface area contributed by atoms with Crippen LogP contribution in [0.4, 0.5) is 0 Å². The second-order valence-electron chi connectivity index (χ2n) is 5.23. The fraction of sp³-hybridized carbons (Fsp3) is 0.333. The van der Waals surface area contributed by atoms with Gasteiger partial charge in [0.25, 0.3) is 0 Å². The molecule has 0 heterocycles. The molecule has 2 aromatic rings. The normalized spacial score (nSPS) is 25.5. The highest BCUT2D eigenvalue weighted by Gasteiger charge is 2.38. The summed E-state index contributed by atoms with van der Waals surface area (Å²) >= 11 is 7.39. The van der Waals surface area contributed by atoms with Crippen LogP contribution < -0.4 is 0 Å². The maximum atomic E-state index is 3.76. The summed E-state index contributed by atoms with van der Waals surface area (Å²) < 4.78 is 2.40. The molecule has 17 heavy (non-hydrogen) atoms. The van der Waals surface area contributed by atoms with E-state index in [2.05, 4.69) is 56.1 Å². The largest absolute Gasteiger partial charge is 0.0578 e. The number of halogens is 2. The zero-order chi connectivity index (χ0) is 11.6. The van der Waals surface area contributed by atoms with Crippen molar-refractivity contribution in [1.29, 1.82) is 0 Å². The Bertz CT molecular complexity index is 630. The number of hydrogen-bond donors (Lipinski definition) is 0. The molecule has 86 valence electrons. The van der Waals surface area contributed by atoms with Gasteiger partial charge >= 0.3 is 0 Å². The summed E-state index contributed by atoms with van der Waals surface area (Å²) in [6, 6.07) is 9.00. The molecular weight excluding hydrogens is 340 g/mol. The minimum Gasteiger partial charge on any atom is -0.0578 e. The number of benzene rings is 2. The van der Waals surface area contributed by atoms with E-state index in [9.17, 15) is 0 Å². The highest BCUT2D eigenvalue weighted by atomic mass is 79.9. The highest BCUT2D eigenvalue weighted by molar-refractivity contribution is 9.13. The van der Waals surface area contributed by atoms with Gasteiger partial charge in [0.15, 0.2) is 0 Å². The van der Waals surface area contributed by atoms with Gasteiger partial charge in [-0.1, -0.05) is 18.2 Å². The number of rotatable bonds is 0. The van der Waals surface area contributed by atoms with E-state index in [0.29, 0.717) is 0 Å². The third-order valence-corrected chi connectivity index (χ3v) is 6.45. The SMILES string of the molecule is Brc1ccc2ccc3c(c2c1Br)C1CCC3C1. The number of fused-ring (bicyclic) bond motifs is 7. The van der Waals surface area contributed by atoms with Crippen molar-refractivity contribution in [3.63, 3.8) is 0 Å². The monoisotopic (exact) mass is 350 g/mol. The first kappa shape index (κ1) is 10.6. The van der Waals surface area contributed by atoms with Crippen LogP contribution in [-0.2, 0) is 0 Å². The maximum Gasteiger partial charge on any atom is 0.0398 e. The van der Waals surface area contributed by atoms with Crippen LogP contribution in [0.1, 0.15) is 42.2 Å². The van der Waals surface area contributed by atoms with E-state index in [-0.39, 0.29) is 0 Å². The van der Waals surface area contributed by atoms with Gasteiger partial charge in [0, 0.05) is 14.3 Å². The van der Waals surface area contributed by atoms with Gasteiger partial charge in [0.05, 0.1) is 0 Å². The van der Waals surface area contributed by atoms with Crippen molar-refractivity contribution >= 4 is 42.6 Å². The van der Waals surface area contributed by atoms with Crippen molar-refractivity contribution in [2.75, 3.05) is 0 Å². The third-order valence-electron chi connectivity index (χ3n) is 4.43. The first-order valence-corrected chi connectivity index (χ1v) is 7.75. The Balaban J connectivity index is 2.16. The molecule has 0 saturated heterocycles. The summed E-state index contributed by atoms with van der Waals surface area (Å²) in [5.74, 6) is 1.65. The standard InChI is InChI=1S/C15H12Br2/c16-12-6-4-8-3-5-11-9-1-2-10(7-9)13(11)14(8)15(12)17/h3-6,9-10H,1-2,7H2. The van der Waals surface area contributed by atoms with Crippen LogP contribution in [-0.4, -0.2) is 0 Å². The average Bonchev–Trinajstić information content (AvgIpc) is 2.94. The van der Waals surface area contributed by atoms with Gasteiger partial charge in [-0.05, 0) is 85.5 Å². The van der Waals surface area contributed by atoms with Gasteiger partial charge in [-0.2, -0.15) is 0 Å². The molecule has 0 nitrogen and oxygen atoms in total. The minimum absolute atomic E-state index is 0.810. The van der Waals surface area contributed by atoms with Crippen molar-refractivity contribution in [3.8, 4) is 0 Å². The lowest BCUT2D eigenvalue weighted by Gasteiger charge is -2.18. The third kappa shape index (κ3) is 1.34. The van der Waals surface area contributed by atoms with Gasteiger partial charge in [-0.25, -0.2) is 0 Å². The second-order valence-corrected chi connectivity index (χ2v) is 6.88. The molecule has 0 amide bonds. The molecule has 2 aliphatic carbocycles. The van der Waals surface area contributed by atoms with Crippen LogP contribution in [0.3, 0.4) is 0 Å². The predicted molar refractivity (Wildman–Crippen MR) is 78.7 cm³/mol. The van der Waals surface area contributed by atoms with Crippen LogP contribution in [0.2, 0.25) is 0 Å². The van der Waals surface area contributed by atoms with E-state index >= 15 is 0 Å².